The molecule has 0 atom stereocenters. The molecule has 0 aliphatic carbocycles. The summed E-state index contributed by atoms with van der Waals surface area (Å²) in [6, 6.07) is 27.5. The maximum Gasteiger partial charge on any atom is 0.254 e. The monoisotopic (exact) mass is 423 g/mol. The van der Waals surface area contributed by atoms with E-state index in [1.54, 1.807) is 0 Å². The maximum atomic E-state index is 13.6. The highest BCUT2D eigenvalue weighted by Gasteiger charge is 2.31. The van der Waals surface area contributed by atoms with Crippen LogP contribution in [0.2, 0.25) is 0 Å². The Balaban J connectivity index is 1.31. The van der Waals surface area contributed by atoms with Gasteiger partial charge in [-0.2, -0.15) is 0 Å². The molecule has 4 aromatic rings. The molecule has 0 bridgehead atoms. The molecule has 32 heavy (non-hydrogen) atoms. The van der Waals surface area contributed by atoms with E-state index in [2.05, 4.69) is 4.98 Å². The molecule has 0 spiro atoms. The summed E-state index contributed by atoms with van der Waals surface area (Å²) in [5.74, 6) is -0.242. The lowest BCUT2D eigenvalue weighted by Crippen LogP contribution is -2.51. The van der Waals surface area contributed by atoms with Crippen molar-refractivity contribution in [2.24, 2.45) is 0 Å². The number of H-pyrrole nitrogens is 1. The Kier molecular flexibility index (Phi) is 5.46. The lowest BCUT2D eigenvalue weighted by Gasteiger charge is -2.36. The van der Waals surface area contributed by atoms with E-state index in [-0.39, 0.29) is 17.7 Å². The van der Waals surface area contributed by atoms with E-state index in [4.69, 9.17) is 0 Å². The molecule has 1 N–H and O–H groups in total. The summed E-state index contributed by atoms with van der Waals surface area (Å²) in [6.45, 7) is 2.13. The molecular weight excluding hydrogens is 398 g/mol. The Hall–Kier alpha value is -3.86. The summed E-state index contributed by atoms with van der Waals surface area (Å²) in [5, 5.41) is 1.09. The van der Waals surface area contributed by atoms with Gasteiger partial charge in [0, 0.05) is 43.5 Å². The summed E-state index contributed by atoms with van der Waals surface area (Å²) in [7, 11) is 0. The normalized spacial score (nSPS) is 14.2. The first-order chi connectivity index (χ1) is 15.7. The smallest absolute Gasteiger partial charge is 0.254 e. The Morgan fingerprint density at radius 2 is 1.31 bits per heavy atom. The minimum Gasteiger partial charge on any atom is -0.361 e. The Bertz CT molecular complexity index is 1190. The van der Waals surface area contributed by atoms with Crippen LogP contribution in [0.15, 0.2) is 91.1 Å². The average molecular weight is 424 g/mol. The molecule has 1 aromatic heterocycles. The molecule has 5 heteroatoms. The number of hydrogen-bond donors (Lipinski definition) is 1. The third-order valence-electron chi connectivity index (χ3n) is 6.19. The number of carbonyl (C=O) groups is 2. The van der Waals surface area contributed by atoms with Gasteiger partial charge in [-0.05, 0) is 34.7 Å². The summed E-state index contributed by atoms with van der Waals surface area (Å²) < 4.78 is 0. The predicted octanol–water partition coefficient (Wildman–Crippen LogP) is 4.28. The molecule has 1 aliphatic heterocycles. The van der Waals surface area contributed by atoms with Crippen LogP contribution in [-0.4, -0.2) is 52.8 Å². The number of aromatic amines is 1. The van der Waals surface area contributed by atoms with Crippen LogP contribution in [0.25, 0.3) is 10.9 Å². The van der Waals surface area contributed by atoms with Gasteiger partial charge in [0.2, 0.25) is 5.91 Å². The van der Waals surface area contributed by atoms with Gasteiger partial charge >= 0.3 is 0 Å². The third-order valence-corrected chi connectivity index (χ3v) is 6.19. The van der Waals surface area contributed by atoms with Crippen molar-refractivity contribution in [3.63, 3.8) is 0 Å². The molecule has 0 saturated carbocycles. The zero-order chi connectivity index (χ0) is 21.9. The second-order valence-electron chi connectivity index (χ2n) is 8.15. The van der Waals surface area contributed by atoms with Crippen molar-refractivity contribution in [1.29, 1.82) is 0 Å². The highest BCUT2D eigenvalue weighted by Crippen LogP contribution is 2.27. The van der Waals surface area contributed by atoms with Crippen molar-refractivity contribution >= 4 is 22.7 Å². The fourth-order valence-electron chi connectivity index (χ4n) is 4.44. The number of amides is 2. The number of aromatic nitrogens is 1. The van der Waals surface area contributed by atoms with Crippen LogP contribution in [-0.2, 0) is 4.79 Å². The number of carbonyl (C=O) groups excluding carboxylic acids is 2. The molecule has 2 amide bonds. The largest absolute Gasteiger partial charge is 0.361 e. The van der Waals surface area contributed by atoms with Gasteiger partial charge < -0.3 is 14.8 Å². The summed E-state index contributed by atoms with van der Waals surface area (Å²) in [4.78, 5) is 33.5. The van der Waals surface area contributed by atoms with Crippen LogP contribution in [0, 0.1) is 0 Å². The van der Waals surface area contributed by atoms with Crippen molar-refractivity contribution in [2.75, 3.05) is 26.2 Å². The second-order valence-corrected chi connectivity index (χ2v) is 8.15. The average Bonchev–Trinajstić information content (AvgIpc) is 3.33. The standard InChI is InChI=1S/C27H25N3O2/c31-26(23-12-11-20-13-14-28-24(20)19-23)29-15-17-30(18-16-29)27(32)25(21-7-3-1-4-8-21)22-9-5-2-6-10-22/h1-14,19,25,28H,15-18H2. The van der Waals surface area contributed by atoms with Crippen LogP contribution in [0.5, 0.6) is 0 Å². The number of benzene rings is 3. The summed E-state index contributed by atoms with van der Waals surface area (Å²) >= 11 is 0. The first-order valence-electron chi connectivity index (χ1n) is 11.0. The molecule has 160 valence electrons. The lowest BCUT2D eigenvalue weighted by atomic mass is 9.90. The fraction of sp³-hybridized carbons (Fsp3) is 0.185. The number of nitrogens with one attached hydrogen (secondary N) is 1. The van der Waals surface area contributed by atoms with E-state index in [0.717, 1.165) is 22.0 Å². The molecule has 1 aliphatic rings. The maximum absolute atomic E-state index is 13.6. The third kappa shape index (κ3) is 3.89. The molecule has 1 saturated heterocycles. The lowest BCUT2D eigenvalue weighted by molar-refractivity contribution is -0.133. The van der Waals surface area contributed by atoms with E-state index in [0.29, 0.717) is 31.7 Å². The van der Waals surface area contributed by atoms with E-state index in [9.17, 15) is 9.59 Å². The van der Waals surface area contributed by atoms with Gasteiger partial charge in [-0.15, -0.1) is 0 Å². The quantitative estimate of drug-likeness (QED) is 0.533. The van der Waals surface area contributed by atoms with Gasteiger partial charge in [-0.25, -0.2) is 0 Å². The molecule has 0 unspecified atom stereocenters. The van der Waals surface area contributed by atoms with Crippen LogP contribution >= 0.6 is 0 Å². The Morgan fingerprint density at radius 1 is 0.719 bits per heavy atom. The second kappa shape index (κ2) is 8.71. The van der Waals surface area contributed by atoms with Crippen LogP contribution in [0.3, 0.4) is 0 Å². The van der Waals surface area contributed by atoms with Gasteiger partial charge in [-0.3, -0.25) is 9.59 Å². The van der Waals surface area contributed by atoms with E-state index in [1.165, 1.54) is 0 Å². The molecule has 5 rings (SSSR count). The molecular formula is C27H25N3O2. The number of piperazine rings is 1. The molecule has 3 aromatic carbocycles. The van der Waals surface area contributed by atoms with Crippen molar-refractivity contribution < 1.29 is 9.59 Å². The number of nitrogens with zero attached hydrogens (tertiary/aromatic N) is 2. The zero-order valence-electron chi connectivity index (χ0n) is 17.8. The molecule has 2 heterocycles. The van der Waals surface area contributed by atoms with Crippen molar-refractivity contribution in [3.8, 4) is 0 Å². The van der Waals surface area contributed by atoms with Gasteiger partial charge in [0.15, 0.2) is 0 Å². The fourth-order valence-corrected chi connectivity index (χ4v) is 4.44. The van der Waals surface area contributed by atoms with E-state index < -0.39 is 0 Å². The van der Waals surface area contributed by atoms with Crippen molar-refractivity contribution in [2.45, 2.75) is 5.92 Å². The molecule has 5 nitrogen and oxygen atoms in total. The van der Waals surface area contributed by atoms with Crippen LogP contribution < -0.4 is 0 Å². The predicted molar refractivity (Wildman–Crippen MR) is 126 cm³/mol. The highest BCUT2D eigenvalue weighted by atomic mass is 16.2. The SMILES string of the molecule is O=C(c1ccc2cc[nH]c2c1)N1CCN(C(=O)C(c2ccccc2)c2ccccc2)CC1. The summed E-state index contributed by atoms with van der Waals surface area (Å²) in [5.41, 5.74) is 3.60. The Labute approximate surface area is 187 Å². The molecule has 0 radical (unpaired) electrons. The van der Waals surface area contributed by atoms with Crippen LogP contribution in [0.1, 0.15) is 27.4 Å². The van der Waals surface area contributed by atoms with Crippen molar-refractivity contribution in [3.05, 3.63) is 108 Å². The number of hydrogen-bond acceptors (Lipinski definition) is 2. The number of fused-ring (bicyclic) bond motifs is 1. The van der Waals surface area contributed by atoms with Gasteiger partial charge in [0.1, 0.15) is 0 Å². The van der Waals surface area contributed by atoms with E-state index in [1.807, 2.05) is 101 Å². The van der Waals surface area contributed by atoms with Gasteiger partial charge in [0.25, 0.3) is 5.91 Å². The van der Waals surface area contributed by atoms with Crippen LogP contribution in [0.4, 0.5) is 0 Å². The highest BCUT2D eigenvalue weighted by molar-refractivity contribution is 5.98. The van der Waals surface area contributed by atoms with Gasteiger partial charge in [-0.1, -0.05) is 66.7 Å². The Morgan fingerprint density at radius 3 is 1.94 bits per heavy atom. The summed E-state index contributed by atoms with van der Waals surface area (Å²) in [6.07, 6.45) is 1.87. The number of rotatable bonds is 4. The topological polar surface area (TPSA) is 56.4 Å². The van der Waals surface area contributed by atoms with Gasteiger partial charge in [0.05, 0.1) is 5.92 Å². The zero-order valence-corrected chi connectivity index (χ0v) is 17.8. The molecule has 1 fully saturated rings. The first kappa shape index (κ1) is 20.1. The minimum atomic E-state index is -0.338. The van der Waals surface area contributed by atoms with E-state index >= 15 is 0 Å². The minimum absolute atomic E-state index is 0.0104. The van der Waals surface area contributed by atoms with Crippen molar-refractivity contribution in [1.82, 2.24) is 14.8 Å². The first-order valence-corrected chi connectivity index (χ1v) is 11.0.